The third-order valence-electron chi connectivity index (χ3n) is 3.67. The zero-order valence-electron chi connectivity index (χ0n) is 10.4. The maximum absolute atomic E-state index is 12.3. The van der Waals surface area contributed by atoms with Gasteiger partial charge in [-0.2, -0.15) is 5.10 Å². The van der Waals surface area contributed by atoms with Crippen molar-refractivity contribution >= 4 is 17.5 Å². The number of nitrogens with zero attached hydrogens (tertiary/aromatic N) is 4. The predicted octanol–water partition coefficient (Wildman–Crippen LogP) is 0.241. The minimum atomic E-state index is -0.253. The number of fused-ring (bicyclic) bond motifs is 1. The first-order valence-electron chi connectivity index (χ1n) is 6.34. The van der Waals surface area contributed by atoms with Gasteiger partial charge in [-0.25, -0.2) is 0 Å². The number of hydrogen-bond acceptors (Lipinski definition) is 3. The Morgan fingerprint density at radius 1 is 1.44 bits per heavy atom. The topological polar surface area (TPSA) is 58.4 Å². The van der Waals surface area contributed by atoms with E-state index in [4.69, 9.17) is 0 Å². The van der Waals surface area contributed by atoms with E-state index in [-0.39, 0.29) is 24.4 Å². The summed E-state index contributed by atoms with van der Waals surface area (Å²) >= 11 is 0. The summed E-state index contributed by atoms with van der Waals surface area (Å²) in [5.74, 6) is 0.0732. The summed E-state index contributed by atoms with van der Waals surface area (Å²) in [6, 6.07) is -0.253. The average Bonchev–Trinajstić information content (AvgIpc) is 3.01. The van der Waals surface area contributed by atoms with Gasteiger partial charge in [-0.15, -0.1) is 0 Å². The first-order valence-corrected chi connectivity index (χ1v) is 6.34. The van der Waals surface area contributed by atoms with Gasteiger partial charge in [0.05, 0.1) is 11.9 Å². The number of carbonyl (C=O) groups is 2. The molecule has 0 spiro atoms. The van der Waals surface area contributed by atoms with Crippen LogP contribution in [0.4, 0.5) is 5.69 Å². The molecule has 3 rings (SSSR count). The van der Waals surface area contributed by atoms with Crippen LogP contribution in [0.15, 0.2) is 12.4 Å². The zero-order chi connectivity index (χ0) is 12.7. The van der Waals surface area contributed by atoms with E-state index in [1.165, 1.54) is 0 Å². The summed E-state index contributed by atoms with van der Waals surface area (Å²) < 4.78 is 1.76. The van der Waals surface area contributed by atoms with Crippen LogP contribution in [0.25, 0.3) is 0 Å². The molecule has 0 radical (unpaired) electrons. The van der Waals surface area contributed by atoms with Gasteiger partial charge in [0.25, 0.3) is 0 Å². The molecule has 0 saturated carbocycles. The molecule has 6 nitrogen and oxygen atoms in total. The second-order valence-corrected chi connectivity index (χ2v) is 4.72. The largest absolute Gasteiger partial charge is 0.329 e. The van der Waals surface area contributed by atoms with Crippen LogP contribution in [-0.4, -0.2) is 45.6 Å². The normalized spacial score (nSPS) is 23.7. The number of rotatable bonds is 2. The number of hydrogen-bond donors (Lipinski definition) is 0. The highest BCUT2D eigenvalue weighted by atomic mass is 16.2. The highest BCUT2D eigenvalue weighted by molar-refractivity contribution is 6.06. The fraction of sp³-hybridized carbons (Fsp3) is 0.583. The molecule has 0 N–H and O–H groups in total. The van der Waals surface area contributed by atoms with E-state index >= 15 is 0 Å². The molecule has 0 bridgehead atoms. The van der Waals surface area contributed by atoms with Gasteiger partial charge in [-0.3, -0.25) is 19.2 Å². The Morgan fingerprint density at radius 2 is 2.28 bits per heavy atom. The predicted molar refractivity (Wildman–Crippen MR) is 65.0 cm³/mol. The number of carbonyl (C=O) groups excluding carboxylic acids is 2. The van der Waals surface area contributed by atoms with Crippen LogP contribution in [0.3, 0.4) is 0 Å². The molecule has 2 aliphatic rings. The number of piperazine rings is 1. The Morgan fingerprint density at radius 3 is 3.00 bits per heavy atom. The highest BCUT2D eigenvalue weighted by Crippen LogP contribution is 2.26. The van der Waals surface area contributed by atoms with Gasteiger partial charge in [0.15, 0.2) is 0 Å². The van der Waals surface area contributed by atoms with E-state index in [1.807, 2.05) is 13.1 Å². The first kappa shape index (κ1) is 11.3. The quantitative estimate of drug-likeness (QED) is 0.753. The molecule has 0 aliphatic carbocycles. The fourth-order valence-corrected chi connectivity index (χ4v) is 2.69. The summed E-state index contributed by atoms with van der Waals surface area (Å²) in [7, 11) is 0. The summed E-state index contributed by atoms with van der Waals surface area (Å²) in [5.41, 5.74) is 0.724. The molecular weight excluding hydrogens is 232 g/mol. The SMILES string of the molecule is CCn1cc(N2CC(=O)N3CCCC3C2=O)cn1. The van der Waals surface area contributed by atoms with Crippen molar-refractivity contribution in [3.63, 3.8) is 0 Å². The van der Waals surface area contributed by atoms with Crippen LogP contribution >= 0.6 is 0 Å². The van der Waals surface area contributed by atoms with Crippen LogP contribution in [0.1, 0.15) is 19.8 Å². The van der Waals surface area contributed by atoms with Crippen LogP contribution in [0.2, 0.25) is 0 Å². The Hall–Kier alpha value is -1.85. The second kappa shape index (κ2) is 4.12. The van der Waals surface area contributed by atoms with Gasteiger partial charge in [0.1, 0.15) is 12.6 Å². The van der Waals surface area contributed by atoms with E-state index in [0.717, 1.165) is 31.6 Å². The van der Waals surface area contributed by atoms with E-state index < -0.39 is 0 Å². The third-order valence-corrected chi connectivity index (χ3v) is 3.67. The average molecular weight is 248 g/mol. The van der Waals surface area contributed by atoms with E-state index in [9.17, 15) is 9.59 Å². The molecule has 1 unspecified atom stereocenters. The van der Waals surface area contributed by atoms with Crippen LogP contribution < -0.4 is 4.90 Å². The van der Waals surface area contributed by atoms with Crippen LogP contribution in [0.5, 0.6) is 0 Å². The molecule has 2 amide bonds. The van der Waals surface area contributed by atoms with Crippen molar-refractivity contribution in [3.05, 3.63) is 12.4 Å². The van der Waals surface area contributed by atoms with E-state index in [1.54, 1.807) is 20.7 Å². The van der Waals surface area contributed by atoms with Crippen molar-refractivity contribution in [2.75, 3.05) is 18.0 Å². The third kappa shape index (κ3) is 1.60. The molecule has 2 fully saturated rings. The van der Waals surface area contributed by atoms with Gasteiger partial charge in [0.2, 0.25) is 11.8 Å². The highest BCUT2D eigenvalue weighted by Gasteiger charge is 2.42. The lowest BCUT2D eigenvalue weighted by molar-refractivity contribution is -0.140. The van der Waals surface area contributed by atoms with Crippen molar-refractivity contribution in [2.24, 2.45) is 0 Å². The minimum Gasteiger partial charge on any atom is -0.329 e. The number of aromatic nitrogens is 2. The second-order valence-electron chi connectivity index (χ2n) is 4.72. The van der Waals surface area contributed by atoms with Gasteiger partial charge in [-0.1, -0.05) is 0 Å². The van der Waals surface area contributed by atoms with Crippen LogP contribution in [-0.2, 0) is 16.1 Å². The lowest BCUT2D eigenvalue weighted by atomic mass is 10.1. The molecule has 2 aliphatic heterocycles. The number of anilines is 1. The van der Waals surface area contributed by atoms with Gasteiger partial charge in [-0.05, 0) is 19.8 Å². The van der Waals surface area contributed by atoms with Crippen molar-refractivity contribution in [1.82, 2.24) is 14.7 Å². The Labute approximate surface area is 105 Å². The van der Waals surface area contributed by atoms with E-state index in [0.29, 0.717) is 0 Å². The van der Waals surface area contributed by atoms with Gasteiger partial charge < -0.3 is 4.90 Å². The maximum Gasteiger partial charge on any atom is 0.250 e. The van der Waals surface area contributed by atoms with Gasteiger partial charge >= 0.3 is 0 Å². The molecule has 0 aromatic carbocycles. The molecule has 3 heterocycles. The standard InChI is InChI=1S/C12H16N4O2/c1-2-14-7-9(6-13-14)16-8-11(17)15-5-3-4-10(15)12(16)18/h6-7,10H,2-5,8H2,1H3. The molecule has 96 valence electrons. The molecule has 1 aromatic heterocycles. The molecule has 2 saturated heterocycles. The molecular formula is C12H16N4O2. The number of amides is 2. The Bertz CT molecular complexity index is 496. The Balaban J connectivity index is 1.88. The van der Waals surface area contributed by atoms with E-state index in [2.05, 4.69) is 5.10 Å². The van der Waals surface area contributed by atoms with Gasteiger partial charge in [0, 0.05) is 19.3 Å². The first-order chi connectivity index (χ1) is 8.70. The smallest absolute Gasteiger partial charge is 0.250 e. The van der Waals surface area contributed by atoms with Crippen molar-refractivity contribution < 1.29 is 9.59 Å². The Kier molecular flexibility index (Phi) is 2.57. The monoisotopic (exact) mass is 248 g/mol. The molecule has 1 aromatic rings. The summed E-state index contributed by atoms with van der Waals surface area (Å²) in [6.45, 7) is 3.60. The molecule has 1 atom stereocenters. The molecule has 18 heavy (non-hydrogen) atoms. The van der Waals surface area contributed by atoms with Crippen molar-refractivity contribution in [2.45, 2.75) is 32.4 Å². The molecule has 6 heteroatoms. The van der Waals surface area contributed by atoms with Crippen molar-refractivity contribution in [1.29, 1.82) is 0 Å². The summed E-state index contributed by atoms with van der Waals surface area (Å²) in [6.07, 6.45) is 5.17. The lowest BCUT2D eigenvalue weighted by Crippen LogP contribution is -2.57. The zero-order valence-corrected chi connectivity index (χ0v) is 10.4. The minimum absolute atomic E-state index is 0.0303. The summed E-state index contributed by atoms with van der Waals surface area (Å²) in [4.78, 5) is 27.6. The van der Waals surface area contributed by atoms with Crippen LogP contribution in [0, 0.1) is 0 Å². The lowest BCUT2D eigenvalue weighted by Gasteiger charge is -2.35. The summed E-state index contributed by atoms with van der Waals surface area (Å²) in [5, 5.41) is 4.15. The number of aryl methyl sites for hydroxylation is 1. The maximum atomic E-state index is 12.3. The fourth-order valence-electron chi connectivity index (χ4n) is 2.69. The van der Waals surface area contributed by atoms with Crippen molar-refractivity contribution in [3.8, 4) is 0 Å².